The van der Waals surface area contributed by atoms with Crippen LogP contribution in [0.3, 0.4) is 0 Å². The first-order valence-electron chi connectivity index (χ1n) is 7.05. The molecule has 21 heavy (non-hydrogen) atoms. The molecule has 2 aromatic rings. The normalized spacial score (nSPS) is 17.1. The number of nitrogens with zero attached hydrogens (tertiary/aromatic N) is 1. The predicted molar refractivity (Wildman–Crippen MR) is 79.5 cm³/mol. The number of ether oxygens (including phenoxy) is 1. The molecule has 0 fully saturated rings. The zero-order chi connectivity index (χ0) is 14.8. The molecule has 1 aromatic carbocycles. The Kier molecular flexibility index (Phi) is 3.60. The Bertz CT molecular complexity index is 681. The summed E-state index contributed by atoms with van der Waals surface area (Å²) in [7, 11) is 1.63. The lowest BCUT2D eigenvalue weighted by Gasteiger charge is -2.24. The molecule has 0 saturated carbocycles. The molecule has 4 nitrogen and oxygen atoms in total. The number of aliphatic carboxylic acids is 1. The van der Waals surface area contributed by atoms with Crippen LogP contribution in [0.15, 0.2) is 36.5 Å². The SMILES string of the molecule is COc1cccc(-c2ccnc3c2C(C(=O)O)CCC3)c1. The fraction of sp³-hybridized carbons (Fsp3) is 0.294. The highest BCUT2D eigenvalue weighted by Crippen LogP contribution is 2.38. The van der Waals surface area contributed by atoms with Crippen LogP contribution in [0.2, 0.25) is 0 Å². The number of aromatic nitrogens is 1. The fourth-order valence-corrected chi connectivity index (χ4v) is 3.01. The number of methoxy groups -OCH3 is 1. The Hall–Kier alpha value is -2.36. The molecule has 108 valence electrons. The van der Waals surface area contributed by atoms with Crippen LogP contribution < -0.4 is 4.74 Å². The van der Waals surface area contributed by atoms with E-state index in [-0.39, 0.29) is 0 Å². The third kappa shape index (κ3) is 2.49. The summed E-state index contributed by atoms with van der Waals surface area (Å²) in [4.78, 5) is 16.0. The smallest absolute Gasteiger partial charge is 0.311 e. The summed E-state index contributed by atoms with van der Waals surface area (Å²) < 4.78 is 5.26. The molecule has 0 saturated heterocycles. The van der Waals surface area contributed by atoms with Crippen LogP contribution in [0.25, 0.3) is 11.1 Å². The second kappa shape index (κ2) is 5.56. The van der Waals surface area contributed by atoms with Crippen LogP contribution >= 0.6 is 0 Å². The van der Waals surface area contributed by atoms with Crippen molar-refractivity contribution >= 4 is 5.97 Å². The molecular formula is C17H17NO3. The van der Waals surface area contributed by atoms with Gasteiger partial charge in [0.2, 0.25) is 0 Å². The van der Waals surface area contributed by atoms with Crippen molar-refractivity contribution in [2.75, 3.05) is 7.11 Å². The summed E-state index contributed by atoms with van der Waals surface area (Å²) in [6, 6.07) is 9.61. The Labute approximate surface area is 123 Å². The van der Waals surface area contributed by atoms with Gasteiger partial charge >= 0.3 is 5.97 Å². The van der Waals surface area contributed by atoms with Gasteiger partial charge in [0.15, 0.2) is 0 Å². The van der Waals surface area contributed by atoms with Crippen molar-refractivity contribution in [1.82, 2.24) is 4.98 Å². The van der Waals surface area contributed by atoms with Gasteiger partial charge in [-0.2, -0.15) is 0 Å². The summed E-state index contributed by atoms with van der Waals surface area (Å²) in [5.74, 6) is -0.475. The van der Waals surface area contributed by atoms with Crippen molar-refractivity contribution in [2.24, 2.45) is 0 Å². The fourth-order valence-electron chi connectivity index (χ4n) is 3.01. The van der Waals surface area contributed by atoms with E-state index < -0.39 is 11.9 Å². The maximum absolute atomic E-state index is 11.6. The molecule has 0 radical (unpaired) electrons. The van der Waals surface area contributed by atoms with Gasteiger partial charge in [0.25, 0.3) is 0 Å². The molecule has 1 aromatic heterocycles. The number of rotatable bonds is 3. The summed E-state index contributed by atoms with van der Waals surface area (Å²) in [6.45, 7) is 0. The third-order valence-electron chi connectivity index (χ3n) is 4.01. The zero-order valence-corrected chi connectivity index (χ0v) is 11.9. The van der Waals surface area contributed by atoms with Crippen LogP contribution in [0.5, 0.6) is 5.75 Å². The molecule has 3 rings (SSSR count). The van der Waals surface area contributed by atoms with E-state index in [9.17, 15) is 9.90 Å². The van der Waals surface area contributed by atoms with Gasteiger partial charge in [0, 0.05) is 11.9 Å². The van der Waals surface area contributed by atoms with E-state index in [1.54, 1.807) is 13.3 Å². The minimum absolute atomic E-state index is 0.469. The van der Waals surface area contributed by atoms with E-state index in [2.05, 4.69) is 4.98 Å². The molecule has 1 N–H and O–H groups in total. The molecule has 4 heteroatoms. The summed E-state index contributed by atoms with van der Waals surface area (Å²) in [5, 5.41) is 9.50. The standard InChI is InChI=1S/C17H17NO3/c1-21-12-5-2-4-11(10-12)13-8-9-18-15-7-3-6-14(16(13)15)17(19)20/h2,4-5,8-10,14H,3,6-7H2,1H3,(H,19,20). The summed E-state index contributed by atoms with van der Waals surface area (Å²) >= 11 is 0. The first kappa shape index (κ1) is 13.6. The topological polar surface area (TPSA) is 59.4 Å². The highest BCUT2D eigenvalue weighted by Gasteiger charge is 2.29. The van der Waals surface area contributed by atoms with Crippen LogP contribution in [0.4, 0.5) is 0 Å². The molecule has 1 atom stereocenters. The Morgan fingerprint density at radius 1 is 1.38 bits per heavy atom. The number of carbonyl (C=O) groups is 1. The minimum Gasteiger partial charge on any atom is -0.497 e. The maximum atomic E-state index is 11.6. The molecule has 1 unspecified atom stereocenters. The van der Waals surface area contributed by atoms with Crippen molar-refractivity contribution < 1.29 is 14.6 Å². The van der Waals surface area contributed by atoms with Gasteiger partial charge in [0.05, 0.1) is 13.0 Å². The molecule has 0 bridgehead atoms. The van der Waals surface area contributed by atoms with E-state index in [0.717, 1.165) is 41.0 Å². The number of pyridine rings is 1. The van der Waals surface area contributed by atoms with Crippen LogP contribution in [-0.4, -0.2) is 23.2 Å². The molecule has 1 heterocycles. The number of carboxylic acids is 1. The molecule has 1 aliphatic carbocycles. The Morgan fingerprint density at radius 3 is 3.00 bits per heavy atom. The van der Waals surface area contributed by atoms with Crippen LogP contribution in [0.1, 0.15) is 30.0 Å². The second-order valence-corrected chi connectivity index (χ2v) is 5.23. The van der Waals surface area contributed by atoms with Crippen molar-refractivity contribution in [2.45, 2.75) is 25.2 Å². The van der Waals surface area contributed by atoms with Gasteiger partial charge in [-0.3, -0.25) is 9.78 Å². The Morgan fingerprint density at radius 2 is 2.24 bits per heavy atom. The molecule has 0 spiro atoms. The van der Waals surface area contributed by atoms with Crippen molar-refractivity contribution in [3.63, 3.8) is 0 Å². The first-order chi connectivity index (χ1) is 10.2. The van der Waals surface area contributed by atoms with Crippen molar-refractivity contribution in [1.29, 1.82) is 0 Å². The molecule has 1 aliphatic rings. The van der Waals surface area contributed by atoms with Gasteiger partial charge < -0.3 is 9.84 Å². The number of hydrogen-bond donors (Lipinski definition) is 1. The van der Waals surface area contributed by atoms with E-state index in [4.69, 9.17) is 4.74 Å². The van der Waals surface area contributed by atoms with E-state index in [1.807, 2.05) is 30.3 Å². The lowest BCUT2D eigenvalue weighted by molar-refractivity contribution is -0.139. The third-order valence-corrected chi connectivity index (χ3v) is 4.01. The lowest BCUT2D eigenvalue weighted by atomic mass is 9.81. The minimum atomic E-state index is -0.770. The van der Waals surface area contributed by atoms with Gasteiger partial charge in [-0.1, -0.05) is 12.1 Å². The first-order valence-corrected chi connectivity index (χ1v) is 7.05. The van der Waals surface area contributed by atoms with Gasteiger partial charge in [-0.25, -0.2) is 0 Å². The molecular weight excluding hydrogens is 266 g/mol. The number of hydrogen-bond acceptors (Lipinski definition) is 3. The number of fused-ring (bicyclic) bond motifs is 1. The molecule has 0 amide bonds. The molecule has 0 aliphatic heterocycles. The van der Waals surface area contributed by atoms with E-state index in [1.165, 1.54) is 0 Å². The van der Waals surface area contributed by atoms with Crippen LogP contribution in [-0.2, 0) is 11.2 Å². The highest BCUT2D eigenvalue weighted by atomic mass is 16.5. The van der Waals surface area contributed by atoms with Crippen molar-refractivity contribution in [3.8, 4) is 16.9 Å². The lowest BCUT2D eigenvalue weighted by Crippen LogP contribution is -2.20. The Balaban J connectivity index is 2.17. The number of benzene rings is 1. The largest absolute Gasteiger partial charge is 0.497 e. The maximum Gasteiger partial charge on any atom is 0.311 e. The number of aryl methyl sites for hydroxylation is 1. The second-order valence-electron chi connectivity index (χ2n) is 5.23. The van der Waals surface area contributed by atoms with Gasteiger partial charge in [-0.15, -0.1) is 0 Å². The average Bonchev–Trinajstić information content (AvgIpc) is 2.53. The van der Waals surface area contributed by atoms with Gasteiger partial charge in [-0.05, 0) is 54.2 Å². The van der Waals surface area contributed by atoms with Crippen LogP contribution in [0, 0.1) is 0 Å². The monoisotopic (exact) mass is 283 g/mol. The average molecular weight is 283 g/mol. The zero-order valence-electron chi connectivity index (χ0n) is 11.9. The summed E-state index contributed by atoms with van der Waals surface area (Å²) in [6.07, 6.45) is 4.15. The highest BCUT2D eigenvalue weighted by molar-refractivity contribution is 5.82. The quantitative estimate of drug-likeness (QED) is 0.939. The number of carboxylic acid groups (broad SMARTS) is 1. The summed E-state index contributed by atoms with van der Waals surface area (Å²) in [5.41, 5.74) is 3.70. The predicted octanol–water partition coefficient (Wildman–Crippen LogP) is 3.26. The van der Waals surface area contributed by atoms with Gasteiger partial charge in [0.1, 0.15) is 5.75 Å². The van der Waals surface area contributed by atoms with Crippen molar-refractivity contribution in [3.05, 3.63) is 47.8 Å². The van der Waals surface area contributed by atoms with E-state index >= 15 is 0 Å². The van der Waals surface area contributed by atoms with E-state index in [0.29, 0.717) is 6.42 Å².